The highest BCUT2D eigenvalue weighted by Gasteiger charge is 2.20. The van der Waals surface area contributed by atoms with Crippen LogP contribution in [0, 0.1) is 23.5 Å². The summed E-state index contributed by atoms with van der Waals surface area (Å²) in [5.41, 5.74) is 0.0157. The number of anilines is 1. The van der Waals surface area contributed by atoms with Gasteiger partial charge in [-0.25, -0.2) is 17.2 Å². The highest BCUT2D eigenvalue weighted by atomic mass is 32.2. The molecule has 0 radical (unpaired) electrons. The minimum atomic E-state index is -4.15. The van der Waals surface area contributed by atoms with Crippen LogP contribution in [0.25, 0.3) is 0 Å². The van der Waals surface area contributed by atoms with Gasteiger partial charge in [0.2, 0.25) is 0 Å². The molecule has 1 N–H and O–H groups in total. The van der Waals surface area contributed by atoms with Crippen LogP contribution in [0.15, 0.2) is 71.9 Å². The molecule has 0 aliphatic heterocycles. The van der Waals surface area contributed by atoms with Crippen LogP contribution in [0.4, 0.5) is 14.5 Å². The summed E-state index contributed by atoms with van der Waals surface area (Å²) in [7, 11) is -4.15. The van der Waals surface area contributed by atoms with Crippen LogP contribution in [0.3, 0.4) is 0 Å². The third-order valence-electron chi connectivity index (χ3n) is 3.35. The summed E-state index contributed by atoms with van der Waals surface area (Å²) >= 11 is 0. The van der Waals surface area contributed by atoms with Gasteiger partial charge in [-0.1, -0.05) is 30.0 Å². The Bertz CT molecular complexity index is 1070. The number of rotatable bonds is 3. The molecule has 3 aromatic rings. The zero-order valence-electron chi connectivity index (χ0n) is 13.3. The van der Waals surface area contributed by atoms with E-state index >= 15 is 0 Å². The molecular formula is C19H12F2N2O2S. The van der Waals surface area contributed by atoms with Gasteiger partial charge in [0.1, 0.15) is 10.6 Å². The molecule has 0 aliphatic carbocycles. The first kappa shape index (κ1) is 17.6. The molecule has 2 aromatic carbocycles. The molecule has 0 saturated heterocycles. The van der Waals surface area contributed by atoms with Crippen molar-refractivity contribution in [2.45, 2.75) is 4.90 Å². The van der Waals surface area contributed by atoms with E-state index in [0.29, 0.717) is 5.56 Å². The standard InChI is InChI=1S/C19H12F2N2O2S/c20-17-11-15(9-8-14-5-2-1-3-6-14)12-18(21)19(17)23-26(24,25)16-7-4-10-22-13-16/h1-7,10-13,23H. The first-order valence-electron chi connectivity index (χ1n) is 7.45. The van der Waals surface area contributed by atoms with Crippen LogP contribution in [-0.2, 0) is 10.0 Å². The lowest BCUT2D eigenvalue weighted by Crippen LogP contribution is -2.15. The van der Waals surface area contributed by atoms with Crippen molar-refractivity contribution in [3.05, 3.63) is 89.8 Å². The quantitative estimate of drug-likeness (QED) is 0.717. The Morgan fingerprint density at radius 3 is 2.15 bits per heavy atom. The molecule has 0 aliphatic rings. The molecule has 0 bridgehead atoms. The van der Waals surface area contributed by atoms with Crippen LogP contribution in [0.2, 0.25) is 0 Å². The second-order valence-electron chi connectivity index (χ2n) is 5.23. The third-order valence-corrected chi connectivity index (χ3v) is 4.68. The van der Waals surface area contributed by atoms with Gasteiger partial charge in [-0.05, 0) is 36.4 Å². The van der Waals surface area contributed by atoms with Gasteiger partial charge in [0.15, 0.2) is 11.6 Å². The van der Waals surface area contributed by atoms with Crippen molar-refractivity contribution in [2.24, 2.45) is 0 Å². The fourth-order valence-electron chi connectivity index (χ4n) is 2.11. The number of benzene rings is 2. The van der Waals surface area contributed by atoms with E-state index < -0.39 is 27.3 Å². The average Bonchev–Trinajstić information content (AvgIpc) is 2.65. The van der Waals surface area contributed by atoms with Gasteiger partial charge in [-0.2, -0.15) is 0 Å². The molecule has 0 saturated carbocycles. The second kappa shape index (κ2) is 7.33. The number of hydrogen-bond acceptors (Lipinski definition) is 3. The van der Waals surface area contributed by atoms with Crippen LogP contribution in [-0.4, -0.2) is 13.4 Å². The van der Waals surface area contributed by atoms with E-state index in [4.69, 9.17) is 0 Å². The van der Waals surface area contributed by atoms with Gasteiger partial charge in [-0.3, -0.25) is 9.71 Å². The Balaban J connectivity index is 1.90. The summed E-state index contributed by atoms with van der Waals surface area (Å²) in [5.74, 6) is 3.31. The molecule has 0 spiro atoms. The monoisotopic (exact) mass is 370 g/mol. The summed E-state index contributed by atoms with van der Waals surface area (Å²) in [6, 6.07) is 13.6. The molecule has 0 atom stereocenters. The molecule has 3 rings (SSSR count). The Kier molecular flexibility index (Phi) is 4.96. The molecule has 26 heavy (non-hydrogen) atoms. The highest BCUT2D eigenvalue weighted by molar-refractivity contribution is 7.92. The fraction of sp³-hybridized carbons (Fsp3) is 0. The zero-order valence-corrected chi connectivity index (χ0v) is 14.1. The maximum Gasteiger partial charge on any atom is 0.263 e. The summed E-state index contributed by atoms with van der Waals surface area (Å²) < 4.78 is 54.7. The van der Waals surface area contributed by atoms with E-state index in [-0.39, 0.29) is 10.5 Å². The predicted molar refractivity (Wildman–Crippen MR) is 93.8 cm³/mol. The Morgan fingerprint density at radius 1 is 0.885 bits per heavy atom. The number of pyridine rings is 1. The van der Waals surface area contributed by atoms with Crippen LogP contribution in [0.1, 0.15) is 11.1 Å². The van der Waals surface area contributed by atoms with Gasteiger partial charge in [-0.15, -0.1) is 0 Å². The number of aromatic nitrogens is 1. The number of nitrogens with zero attached hydrogens (tertiary/aromatic N) is 1. The summed E-state index contributed by atoms with van der Waals surface area (Å²) in [5, 5.41) is 0. The maximum atomic E-state index is 14.2. The van der Waals surface area contributed by atoms with Gasteiger partial charge >= 0.3 is 0 Å². The van der Waals surface area contributed by atoms with Crippen molar-refractivity contribution >= 4 is 15.7 Å². The van der Waals surface area contributed by atoms with E-state index in [1.807, 2.05) is 10.8 Å². The summed E-state index contributed by atoms with van der Waals surface area (Å²) in [6.45, 7) is 0. The molecule has 0 unspecified atom stereocenters. The van der Waals surface area contributed by atoms with Gasteiger partial charge in [0.05, 0.1) is 0 Å². The number of sulfonamides is 1. The van der Waals surface area contributed by atoms with Gasteiger partial charge in [0.25, 0.3) is 10.0 Å². The lowest BCUT2D eigenvalue weighted by Gasteiger charge is -2.10. The zero-order chi connectivity index (χ0) is 18.6. The normalized spacial score (nSPS) is 10.7. The van der Waals surface area contributed by atoms with E-state index in [1.54, 1.807) is 24.3 Å². The van der Waals surface area contributed by atoms with Crippen molar-refractivity contribution in [1.29, 1.82) is 0 Å². The van der Waals surface area contributed by atoms with Gasteiger partial charge in [0, 0.05) is 23.5 Å². The largest absolute Gasteiger partial charge is 0.274 e. The molecule has 1 aromatic heterocycles. The third kappa shape index (κ3) is 4.05. The lowest BCUT2D eigenvalue weighted by molar-refractivity contribution is 0.582. The van der Waals surface area contributed by atoms with E-state index in [1.165, 1.54) is 18.3 Å². The SMILES string of the molecule is O=S(=O)(Nc1c(F)cc(C#Cc2ccccc2)cc1F)c1cccnc1. The lowest BCUT2D eigenvalue weighted by atomic mass is 10.1. The minimum absolute atomic E-state index is 0.0909. The molecular weight excluding hydrogens is 358 g/mol. The van der Waals surface area contributed by atoms with E-state index in [2.05, 4.69) is 16.8 Å². The first-order chi connectivity index (χ1) is 12.5. The summed E-state index contributed by atoms with van der Waals surface area (Å²) in [4.78, 5) is 3.48. The summed E-state index contributed by atoms with van der Waals surface area (Å²) in [6.07, 6.45) is 2.47. The van der Waals surface area contributed by atoms with Crippen LogP contribution < -0.4 is 4.72 Å². The van der Waals surface area contributed by atoms with Crippen molar-refractivity contribution in [1.82, 2.24) is 4.98 Å². The van der Waals surface area contributed by atoms with Crippen molar-refractivity contribution in [3.63, 3.8) is 0 Å². The van der Waals surface area contributed by atoms with Crippen LogP contribution >= 0.6 is 0 Å². The maximum absolute atomic E-state index is 14.2. The van der Waals surface area contributed by atoms with Gasteiger partial charge < -0.3 is 0 Å². The average molecular weight is 370 g/mol. The minimum Gasteiger partial charge on any atom is -0.274 e. The molecule has 0 amide bonds. The second-order valence-corrected chi connectivity index (χ2v) is 6.91. The van der Waals surface area contributed by atoms with Crippen LogP contribution in [0.5, 0.6) is 0 Å². The molecule has 1 heterocycles. The smallest absolute Gasteiger partial charge is 0.263 e. The van der Waals surface area contributed by atoms with E-state index in [0.717, 1.165) is 18.3 Å². The van der Waals surface area contributed by atoms with E-state index in [9.17, 15) is 17.2 Å². The molecule has 130 valence electrons. The Hall–Kier alpha value is -3.24. The fourth-order valence-corrected chi connectivity index (χ4v) is 3.15. The molecule has 0 fully saturated rings. The topological polar surface area (TPSA) is 59.1 Å². The first-order valence-corrected chi connectivity index (χ1v) is 8.93. The Labute approximate surface area is 149 Å². The van der Waals surface area contributed by atoms with Crippen molar-refractivity contribution in [2.75, 3.05) is 4.72 Å². The van der Waals surface area contributed by atoms with Crippen molar-refractivity contribution in [3.8, 4) is 11.8 Å². The number of halogens is 2. The number of nitrogens with one attached hydrogen (secondary N) is 1. The highest BCUT2D eigenvalue weighted by Crippen LogP contribution is 2.23. The Morgan fingerprint density at radius 2 is 1.54 bits per heavy atom. The van der Waals surface area contributed by atoms with Crippen molar-refractivity contribution < 1.29 is 17.2 Å². The molecule has 4 nitrogen and oxygen atoms in total. The molecule has 7 heteroatoms. The number of hydrogen-bond donors (Lipinski definition) is 1. The predicted octanol–water partition coefficient (Wildman–Crippen LogP) is 3.56.